The van der Waals surface area contributed by atoms with E-state index in [4.69, 9.17) is 37.0 Å². The average Bonchev–Trinajstić information content (AvgIpc) is 0.901. The Kier molecular flexibility index (Phi) is 76.9. The highest BCUT2D eigenvalue weighted by atomic mass is 31.2. The first-order valence-electron chi connectivity index (χ1n) is 45.0. The smallest absolute Gasteiger partial charge is 0.462 e. The van der Waals surface area contributed by atoms with Gasteiger partial charge in [0.2, 0.25) is 0 Å². The second-order valence-electron chi connectivity index (χ2n) is 32.2. The number of esters is 4. The third kappa shape index (κ3) is 80.1. The number of carbonyl (C=O) groups is 4. The van der Waals surface area contributed by atoms with Gasteiger partial charge in [-0.1, -0.05) is 414 Å². The van der Waals surface area contributed by atoms with Crippen molar-refractivity contribution in [1.29, 1.82) is 0 Å². The van der Waals surface area contributed by atoms with Crippen LogP contribution >= 0.6 is 15.6 Å². The minimum Gasteiger partial charge on any atom is -0.462 e. The van der Waals surface area contributed by atoms with Crippen LogP contribution in [0.3, 0.4) is 0 Å². The number of phosphoric acid groups is 2. The van der Waals surface area contributed by atoms with Gasteiger partial charge < -0.3 is 33.8 Å². The zero-order chi connectivity index (χ0) is 77.8. The number of ether oxygens (including phenoxy) is 4. The molecule has 106 heavy (non-hydrogen) atoms. The largest absolute Gasteiger partial charge is 0.472 e. The van der Waals surface area contributed by atoms with Crippen LogP contribution in [0.1, 0.15) is 465 Å². The van der Waals surface area contributed by atoms with E-state index in [0.717, 1.165) is 102 Å². The molecule has 0 spiro atoms. The lowest BCUT2D eigenvalue weighted by Gasteiger charge is -2.21. The van der Waals surface area contributed by atoms with Crippen molar-refractivity contribution in [2.45, 2.75) is 484 Å². The van der Waals surface area contributed by atoms with Gasteiger partial charge in [-0.15, -0.1) is 0 Å². The van der Waals surface area contributed by atoms with E-state index in [-0.39, 0.29) is 25.7 Å². The first-order valence-corrected chi connectivity index (χ1v) is 48.0. The summed E-state index contributed by atoms with van der Waals surface area (Å²) in [5.74, 6) is -0.486. The van der Waals surface area contributed by atoms with Gasteiger partial charge in [0.1, 0.15) is 19.3 Å². The van der Waals surface area contributed by atoms with Gasteiger partial charge in [0.25, 0.3) is 0 Å². The van der Waals surface area contributed by atoms with Crippen LogP contribution in [0.4, 0.5) is 0 Å². The molecule has 0 saturated carbocycles. The van der Waals surface area contributed by atoms with Crippen molar-refractivity contribution >= 4 is 39.5 Å². The van der Waals surface area contributed by atoms with Crippen LogP contribution in [-0.2, 0) is 65.4 Å². The van der Waals surface area contributed by atoms with Crippen molar-refractivity contribution in [3.05, 3.63) is 0 Å². The summed E-state index contributed by atoms with van der Waals surface area (Å²) < 4.78 is 68.9. The predicted octanol–water partition coefficient (Wildman–Crippen LogP) is 26.6. The van der Waals surface area contributed by atoms with Gasteiger partial charge in [0.05, 0.1) is 26.4 Å². The summed E-state index contributed by atoms with van der Waals surface area (Å²) in [6.45, 7) is 9.72. The number of aliphatic hydroxyl groups is 1. The Labute approximate surface area is 651 Å². The van der Waals surface area contributed by atoms with Crippen LogP contribution in [-0.4, -0.2) is 96.7 Å². The molecule has 5 atom stereocenters. The molecule has 0 aliphatic carbocycles. The van der Waals surface area contributed by atoms with E-state index >= 15 is 0 Å². The molecule has 0 aromatic rings. The third-order valence-corrected chi connectivity index (χ3v) is 22.4. The quantitative estimate of drug-likeness (QED) is 0.0222. The van der Waals surface area contributed by atoms with Crippen molar-refractivity contribution in [1.82, 2.24) is 0 Å². The highest BCUT2D eigenvalue weighted by Gasteiger charge is 2.30. The van der Waals surface area contributed by atoms with Gasteiger partial charge in [-0.2, -0.15) is 0 Å². The van der Waals surface area contributed by atoms with Crippen molar-refractivity contribution < 1.29 is 80.2 Å². The first-order chi connectivity index (χ1) is 51.4. The fourth-order valence-electron chi connectivity index (χ4n) is 13.6. The minimum atomic E-state index is -4.97. The number of phosphoric ester groups is 2. The van der Waals surface area contributed by atoms with Gasteiger partial charge in [0.15, 0.2) is 12.2 Å². The van der Waals surface area contributed by atoms with E-state index < -0.39 is 97.5 Å². The first kappa shape index (κ1) is 104. The normalized spacial score (nSPS) is 13.8. The molecular weight excluding hydrogens is 1380 g/mol. The molecule has 0 fully saturated rings. The van der Waals surface area contributed by atoms with Crippen LogP contribution in [0.2, 0.25) is 0 Å². The fraction of sp³-hybridized carbons (Fsp3) is 0.954. The van der Waals surface area contributed by atoms with Crippen molar-refractivity contribution in [2.75, 3.05) is 39.6 Å². The van der Waals surface area contributed by atoms with E-state index in [1.165, 1.54) is 283 Å². The van der Waals surface area contributed by atoms with Gasteiger partial charge >= 0.3 is 39.5 Å². The van der Waals surface area contributed by atoms with Crippen LogP contribution in [0.5, 0.6) is 0 Å². The Bertz CT molecular complexity index is 2030. The molecule has 17 nitrogen and oxygen atoms in total. The summed E-state index contributed by atoms with van der Waals surface area (Å²) in [5.41, 5.74) is 0. The monoisotopic (exact) mass is 1550 g/mol. The standard InChI is InChI=1S/C87H170O17P2/c1-7-9-11-13-15-17-18-19-20-21-22-26-29-35-40-46-52-58-64-70-85(90)98-76-83(104-87(92)71-65-59-53-47-41-36-30-27-24-23-25-28-33-38-44-49-55-61-67-79(3)4)78-102-106(95,96)100-74-81(88)73-99-105(93,94)101-77-82(75-97-84(89)69-63-57-51-43-16-14-12-10-8-2)103-86(91)72-66-60-54-48-42-37-32-31-34-39-45-50-56-62-68-80(5)6/h79-83,88H,7-78H2,1-6H3,(H,93,94)(H,95,96)/t81-,82+,83+/m0/s1. The number of aliphatic hydroxyl groups excluding tert-OH is 1. The minimum absolute atomic E-state index is 0.108. The molecule has 0 saturated heterocycles. The lowest BCUT2D eigenvalue weighted by molar-refractivity contribution is -0.161. The number of carbonyl (C=O) groups excluding carboxylic acids is 4. The summed E-state index contributed by atoms with van der Waals surface area (Å²) in [6, 6.07) is 0. The van der Waals surface area contributed by atoms with Crippen LogP contribution in [0.25, 0.3) is 0 Å². The van der Waals surface area contributed by atoms with Crippen molar-refractivity contribution in [3.8, 4) is 0 Å². The highest BCUT2D eigenvalue weighted by molar-refractivity contribution is 7.47. The van der Waals surface area contributed by atoms with Crippen LogP contribution < -0.4 is 0 Å². The molecule has 0 aromatic carbocycles. The summed E-state index contributed by atoms with van der Waals surface area (Å²) in [4.78, 5) is 73.2. The predicted molar refractivity (Wildman–Crippen MR) is 437 cm³/mol. The maximum atomic E-state index is 13.2. The van der Waals surface area contributed by atoms with E-state index in [0.29, 0.717) is 25.7 Å². The molecule has 0 amide bonds. The average molecular weight is 1550 g/mol. The summed E-state index contributed by atoms with van der Waals surface area (Å²) in [6.07, 6.45) is 70.9. The molecule has 0 bridgehead atoms. The summed E-state index contributed by atoms with van der Waals surface area (Å²) in [7, 11) is -9.93. The Morgan fingerprint density at radius 2 is 0.434 bits per heavy atom. The highest BCUT2D eigenvalue weighted by Crippen LogP contribution is 2.45. The lowest BCUT2D eigenvalue weighted by atomic mass is 10.0. The Hall–Kier alpha value is -1.94. The molecule has 0 aliphatic rings. The molecule has 0 aliphatic heterocycles. The second-order valence-corrected chi connectivity index (χ2v) is 35.1. The zero-order valence-electron chi connectivity index (χ0n) is 69.7. The zero-order valence-corrected chi connectivity index (χ0v) is 71.5. The van der Waals surface area contributed by atoms with E-state index in [2.05, 4.69) is 41.5 Å². The molecule has 0 radical (unpaired) electrons. The summed E-state index contributed by atoms with van der Waals surface area (Å²) in [5, 5.41) is 10.7. The number of hydrogen-bond donors (Lipinski definition) is 3. The number of rotatable bonds is 86. The number of hydrogen-bond acceptors (Lipinski definition) is 15. The van der Waals surface area contributed by atoms with E-state index in [1.807, 2.05) is 0 Å². The van der Waals surface area contributed by atoms with Crippen LogP contribution in [0, 0.1) is 11.8 Å². The molecule has 3 N–H and O–H groups in total. The SMILES string of the molecule is CCCCCCCCCCCCCCCCCCCCCC(=O)OC[C@H](COP(=O)(O)OC[C@@H](O)COP(=O)(O)OC[C@@H](COC(=O)CCCCCCCCCCC)OC(=O)CCCCCCCCCCCCCCCCC(C)C)OC(=O)CCCCCCCCCCCCCCCCCCCCC(C)C. The van der Waals surface area contributed by atoms with Crippen molar-refractivity contribution in [2.24, 2.45) is 11.8 Å². The van der Waals surface area contributed by atoms with E-state index in [9.17, 15) is 43.2 Å². The maximum Gasteiger partial charge on any atom is 0.472 e. The molecule has 0 aromatic heterocycles. The molecule has 630 valence electrons. The topological polar surface area (TPSA) is 237 Å². The number of unbranched alkanes of at least 4 members (excludes halogenated alkanes) is 56. The fourth-order valence-corrected chi connectivity index (χ4v) is 15.2. The molecule has 0 heterocycles. The third-order valence-electron chi connectivity index (χ3n) is 20.5. The van der Waals surface area contributed by atoms with Crippen LogP contribution in [0.15, 0.2) is 0 Å². The van der Waals surface area contributed by atoms with Crippen molar-refractivity contribution in [3.63, 3.8) is 0 Å². The Balaban J connectivity index is 5.20. The maximum absolute atomic E-state index is 13.2. The van der Waals surface area contributed by atoms with E-state index in [1.54, 1.807) is 0 Å². The van der Waals surface area contributed by atoms with Gasteiger partial charge in [-0.3, -0.25) is 37.3 Å². The van der Waals surface area contributed by atoms with Gasteiger partial charge in [0, 0.05) is 25.7 Å². The Morgan fingerprint density at radius 3 is 0.642 bits per heavy atom. The van der Waals surface area contributed by atoms with Gasteiger partial charge in [-0.05, 0) is 37.5 Å². The Morgan fingerprint density at radius 1 is 0.255 bits per heavy atom. The van der Waals surface area contributed by atoms with Gasteiger partial charge in [-0.25, -0.2) is 9.13 Å². The second kappa shape index (κ2) is 78.3. The molecule has 0 rings (SSSR count). The summed E-state index contributed by atoms with van der Waals surface area (Å²) >= 11 is 0. The molecule has 19 heteroatoms. The lowest BCUT2D eigenvalue weighted by Crippen LogP contribution is -2.30. The molecular formula is C87H170O17P2. The molecule has 2 unspecified atom stereocenters.